The minimum atomic E-state index is -0.104. The van der Waals surface area contributed by atoms with E-state index < -0.39 is 0 Å². The number of ether oxygens (including phenoxy) is 2. The Bertz CT molecular complexity index is 546. The highest BCUT2D eigenvalue weighted by atomic mass is 16.6. The number of nitrogens with zero attached hydrogens (tertiary/aromatic N) is 1. The van der Waals surface area contributed by atoms with Crippen LogP contribution in [0.3, 0.4) is 0 Å². The Kier molecular flexibility index (Phi) is 3.74. The highest BCUT2D eigenvalue weighted by Gasteiger charge is 2.37. The first-order valence-electron chi connectivity index (χ1n) is 8.53. The Labute approximate surface area is 132 Å². The molecule has 2 saturated heterocycles. The van der Waals surface area contributed by atoms with Crippen LogP contribution in [0.25, 0.3) is 0 Å². The third kappa shape index (κ3) is 2.59. The van der Waals surface area contributed by atoms with Gasteiger partial charge in [-0.15, -0.1) is 0 Å². The van der Waals surface area contributed by atoms with Crippen molar-refractivity contribution in [2.45, 2.75) is 63.8 Å². The Morgan fingerprint density at radius 1 is 1.09 bits per heavy atom. The summed E-state index contributed by atoms with van der Waals surface area (Å²) in [6.45, 7) is 4.39. The smallest absolute Gasteiger partial charge is 0.161 e. The highest BCUT2D eigenvalue weighted by molar-refractivity contribution is 5.47. The van der Waals surface area contributed by atoms with Crippen molar-refractivity contribution >= 4 is 0 Å². The molecule has 0 amide bonds. The van der Waals surface area contributed by atoms with Crippen LogP contribution in [0.5, 0.6) is 11.5 Å². The summed E-state index contributed by atoms with van der Waals surface area (Å²) in [5.74, 6) is 1.76. The van der Waals surface area contributed by atoms with E-state index in [2.05, 4.69) is 24.0 Å². The van der Waals surface area contributed by atoms with Crippen LogP contribution < -0.4 is 9.47 Å². The van der Waals surface area contributed by atoms with Crippen LogP contribution in [0.2, 0.25) is 0 Å². The normalized spacial score (nSPS) is 31.1. The lowest BCUT2D eigenvalue weighted by Gasteiger charge is -2.48. The molecule has 0 spiro atoms. The summed E-state index contributed by atoms with van der Waals surface area (Å²) in [7, 11) is 0. The zero-order valence-corrected chi connectivity index (χ0v) is 13.3. The van der Waals surface area contributed by atoms with Crippen molar-refractivity contribution < 1.29 is 14.6 Å². The van der Waals surface area contributed by atoms with E-state index in [9.17, 15) is 5.11 Å². The Hall–Kier alpha value is -1.26. The number of aliphatic hydroxyl groups is 1. The maximum absolute atomic E-state index is 10.0. The van der Waals surface area contributed by atoms with Gasteiger partial charge in [0.2, 0.25) is 0 Å². The lowest BCUT2D eigenvalue weighted by Crippen LogP contribution is -2.52. The molecule has 2 fully saturated rings. The van der Waals surface area contributed by atoms with Gasteiger partial charge in [-0.05, 0) is 55.9 Å². The number of benzene rings is 1. The number of hydrogen-bond acceptors (Lipinski definition) is 4. The monoisotopic (exact) mass is 303 g/mol. The van der Waals surface area contributed by atoms with Gasteiger partial charge in [0.25, 0.3) is 0 Å². The van der Waals surface area contributed by atoms with Crippen LogP contribution in [0.15, 0.2) is 12.1 Å². The topological polar surface area (TPSA) is 41.9 Å². The molecule has 1 aromatic rings. The van der Waals surface area contributed by atoms with Crippen LogP contribution in [0, 0.1) is 6.92 Å². The molecule has 3 atom stereocenters. The molecule has 0 aromatic heterocycles. The van der Waals surface area contributed by atoms with E-state index in [1.165, 1.54) is 30.4 Å². The van der Waals surface area contributed by atoms with Gasteiger partial charge in [0.05, 0.1) is 6.10 Å². The van der Waals surface area contributed by atoms with Gasteiger partial charge in [0.1, 0.15) is 13.2 Å². The molecular formula is C18H25NO3. The zero-order valence-electron chi connectivity index (χ0n) is 13.3. The molecule has 4 rings (SSSR count). The molecule has 4 heteroatoms. The fourth-order valence-electron chi connectivity index (χ4n) is 4.31. The lowest BCUT2D eigenvalue weighted by molar-refractivity contribution is -0.0313. The summed E-state index contributed by atoms with van der Waals surface area (Å²) < 4.78 is 11.4. The fraction of sp³-hybridized carbons (Fsp3) is 0.667. The van der Waals surface area contributed by atoms with Crippen LogP contribution in [0.1, 0.15) is 43.2 Å². The van der Waals surface area contributed by atoms with Crippen molar-refractivity contribution in [1.82, 2.24) is 4.90 Å². The van der Waals surface area contributed by atoms with Gasteiger partial charge < -0.3 is 14.6 Å². The molecule has 22 heavy (non-hydrogen) atoms. The minimum Gasteiger partial charge on any atom is -0.486 e. The predicted octanol–water partition coefficient (Wildman–Crippen LogP) is 2.64. The molecule has 3 aliphatic heterocycles. The Balaban J connectivity index is 1.58. The summed E-state index contributed by atoms with van der Waals surface area (Å²) >= 11 is 0. The standard InChI is InChI=1S/C18H25NO3/c1-12-7-17-18(22-6-5-21-17)8-13(12)11-19-14-3-2-4-15(19)10-16(20)9-14/h7-8,14-16,20H,2-6,9-11H2,1H3/t14-,15+,16?. The Morgan fingerprint density at radius 2 is 1.73 bits per heavy atom. The second-order valence-electron chi connectivity index (χ2n) is 6.96. The number of hydrogen-bond donors (Lipinski definition) is 1. The van der Waals surface area contributed by atoms with Gasteiger partial charge in [0.15, 0.2) is 11.5 Å². The first kappa shape index (κ1) is 14.3. The largest absolute Gasteiger partial charge is 0.486 e. The minimum absolute atomic E-state index is 0.104. The molecule has 3 heterocycles. The van der Waals surface area contributed by atoms with Crippen molar-refractivity contribution in [2.24, 2.45) is 0 Å². The maximum atomic E-state index is 10.0. The summed E-state index contributed by atoms with van der Waals surface area (Å²) in [5.41, 5.74) is 2.60. The van der Waals surface area contributed by atoms with Crippen molar-refractivity contribution in [1.29, 1.82) is 0 Å². The molecule has 2 bridgehead atoms. The van der Waals surface area contributed by atoms with Crippen molar-refractivity contribution in [3.8, 4) is 11.5 Å². The summed E-state index contributed by atoms with van der Waals surface area (Å²) in [5, 5.41) is 10.0. The van der Waals surface area contributed by atoms with Gasteiger partial charge in [-0.25, -0.2) is 0 Å². The lowest BCUT2D eigenvalue weighted by atomic mass is 9.82. The fourth-order valence-corrected chi connectivity index (χ4v) is 4.31. The van der Waals surface area contributed by atoms with E-state index in [-0.39, 0.29) is 6.10 Å². The third-order valence-corrected chi connectivity index (χ3v) is 5.45. The first-order valence-corrected chi connectivity index (χ1v) is 8.53. The number of piperidine rings is 2. The highest BCUT2D eigenvalue weighted by Crippen LogP contribution is 2.38. The van der Waals surface area contributed by atoms with E-state index in [1.54, 1.807) is 0 Å². The first-order chi connectivity index (χ1) is 10.7. The molecule has 1 aromatic carbocycles. The van der Waals surface area contributed by atoms with E-state index in [0.717, 1.165) is 30.9 Å². The van der Waals surface area contributed by atoms with Gasteiger partial charge in [0, 0.05) is 18.6 Å². The molecular weight excluding hydrogens is 278 g/mol. The van der Waals surface area contributed by atoms with E-state index in [4.69, 9.17) is 9.47 Å². The molecule has 0 aliphatic carbocycles. The SMILES string of the molecule is Cc1cc2c(cc1CN1[C@@H]3CCC[C@H]1CC(O)C3)OCCO2. The number of aryl methyl sites for hydroxylation is 1. The summed E-state index contributed by atoms with van der Waals surface area (Å²) in [6, 6.07) is 5.34. The third-order valence-electron chi connectivity index (χ3n) is 5.45. The van der Waals surface area contributed by atoms with Crippen LogP contribution in [-0.2, 0) is 6.54 Å². The molecule has 120 valence electrons. The average molecular weight is 303 g/mol. The second kappa shape index (κ2) is 5.74. The average Bonchev–Trinajstić information content (AvgIpc) is 2.49. The van der Waals surface area contributed by atoms with Crippen molar-refractivity contribution in [2.75, 3.05) is 13.2 Å². The van der Waals surface area contributed by atoms with Gasteiger partial charge >= 0.3 is 0 Å². The van der Waals surface area contributed by atoms with E-state index >= 15 is 0 Å². The second-order valence-corrected chi connectivity index (χ2v) is 6.96. The van der Waals surface area contributed by atoms with Crippen molar-refractivity contribution in [3.63, 3.8) is 0 Å². The summed E-state index contributed by atoms with van der Waals surface area (Å²) in [6.07, 6.45) is 5.50. The van der Waals surface area contributed by atoms with E-state index in [0.29, 0.717) is 25.3 Å². The molecule has 0 radical (unpaired) electrons. The molecule has 1 N–H and O–H groups in total. The quantitative estimate of drug-likeness (QED) is 0.912. The number of fused-ring (bicyclic) bond motifs is 3. The van der Waals surface area contributed by atoms with Crippen LogP contribution in [0.4, 0.5) is 0 Å². The molecule has 1 unspecified atom stereocenters. The van der Waals surface area contributed by atoms with Gasteiger partial charge in [-0.2, -0.15) is 0 Å². The van der Waals surface area contributed by atoms with Crippen molar-refractivity contribution in [3.05, 3.63) is 23.3 Å². The van der Waals surface area contributed by atoms with Crippen LogP contribution >= 0.6 is 0 Å². The van der Waals surface area contributed by atoms with Gasteiger partial charge in [-0.3, -0.25) is 4.90 Å². The Morgan fingerprint density at radius 3 is 2.41 bits per heavy atom. The molecule has 4 nitrogen and oxygen atoms in total. The summed E-state index contributed by atoms with van der Waals surface area (Å²) in [4.78, 5) is 2.62. The molecule has 0 saturated carbocycles. The predicted molar refractivity (Wildman–Crippen MR) is 84.4 cm³/mol. The van der Waals surface area contributed by atoms with Crippen LogP contribution in [-0.4, -0.2) is 41.4 Å². The van der Waals surface area contributed by atoms with E-state index in [1.807, 2.05) is 0 Å². The maximum Gasteiger partial charge on any atom is 0.161 e. The molecule has 3 aliphatic rings. The van der Waals surface area contributed by atoms with Gasteiger partial charge in [-0.1, -0.05) is 6.42 Å². The number of rotatable bonds is 2. The number of aliphatic hydroxyl groups excluding tert-OH is 1. The zero-order chi connectivity index (χ0) is 15.1.